The molecule has 0 aliphatic heterocycles. The first kappa shape index (κ1) is 16.1. The summed E-state index contributed by atoms with van der Waals surface area (Å²) in [5, 5.41) is 15.2. The van der Waals surface area contributed by atoms with E-state index in [0.29, 0.717) is 16.3 Å². The number of benzene rings is 2. The Kier molecular flexibility index (Phi) is 5.13. The average molecular weight is 336 g/mol. The molecule has 0 aliphatic rings. The zero-order valence-corrected chi connectivity index (χ0v) is 13.7. The predicted molar refractivity (Wildman–Crippen MR) is 95.8 cm³/mol. The Labute approximate surface area is 144 Å². The van der Waals surface area contributed by atoms with Gasteiger partial charge in [-0.15, -0.1) is 0 Å². The third-order valence-electron chi connectivity index (χ3n) is 3.40. The first-order valence-electron chi connectivity index (χ1n) is 7.49. The Morgan fingerprint density at radius 2 is 1.79 bits per heavy atom. The lowest BCUT2D eigenvalue weighted by atomic mass is 10.1. The van der Waals surface area contributed by atoms with E-state index < -0.39 is 0 Å². The Morgan fingerprint density at radius 1 is 1.00 bits per heavy atom. The summed E-state index contributed by atoms with van der Waals surface area (Å²) in [6.45, 7) is 0. The molecule has 0 saturated carbocycles. The van der Waals surface area contributed by atoms with E-state index in [1.807, 2.05) is 54.6 Å². The SMILES string of the molecule is O=C(Nc1ccccc1)c1cccc(CSc2cccc[n+]2[O-])c1. The number of pyridine rings is 1. The van der Waals surface area contributed by atoms with Crippen LogP contribution in [0.2, 0.25) is 0 Å². The number of hydrogen-bond donors (Lipinski definition) is 1. The maximum Gasteiger partial charge on any atom is 0.255 e. The smallest absolute Gasteiger partial charge is 0.255 e. The molecule has 0 bridgehead atoms. The van der Waals surface area contributed by atoms with Crippen LogP contribution in [0.3, 0.4) is 0 Å². The second-order valence-corrected chi connectivity index (χ2v) is 6.17. The number of thioether (sulfide) groups is 1. The van der Waals surface area contributed by atoms with Gasteiger partial charge < -0.3 is 10.5 Å². The molecular weight excluding hydrogens is 320 g/mol. The van der Waals surface area contributed by atoms with Crippen LogP contribution in [0.15, 0.2) is 84.0 Å². The van der Waals surface area contributed by atoms with Gasteiger partial charge in [-0.3, -0.25) is 4.79 Å². The molecule has 1 amide bonds. The van der Waals surface area contributed by atoms with Gasteiger partial charge in [0.05, 0.1) is 0 Å². The van der Waals surface area contributed by atoms with E-state index in [4.69, 9.17) is 0 Å². The molecular formula is C19H16N2O2S. The first-order chi connectivity index (χ1) is 11.7. The van der Waals surface area contributed by atoms with Gasteiger partial charge in [0, 0.05) is 29.1 Å². The van der Waals surface area contributed by atoms with Gasteiger partial charge in [0.15, 0.2) is 6.20 Å². The number of carbonyl (C=O) groups excluding carboxylic acids is 1. The molecule has 0 atom stereocenters. The van der Waals surface area contributed by atoms with Crippen molar-refractivity contribution in [3.63, 3.8) is 0 Å². The molecule has 0 radical (unpaired) electrons. The van der Waals surface area contributed by atoms with E-state index in [1.165, 1.54) is 18.0 Å². The van der Waals surface area contributed by atoms with Crippen molar-refractivity contribution in [2.75, 3.05) is 5.32 Å². The fraction of sp³-hybridized carbons (Fsp3) is 0.0526. The van der Waals surface area contributed by atoms with Crippen LogP contribution in [0.5, 0.6) is 0 Å². The molecule has 1 aromatic heterocycles. The Morgan fingerprint density at radius 3 is 2.58 bits per heavy atom. The Hall–Kier alpha value is -2.79. The van der Waals surface area contributed by atoms with Crippen molar-refractivity contribution in [3.05, 3.63) is 95.3 Å². The summed E-state index contributed by atoms with van der Waals surface area (Å²) in [6.07, 6.45) is 1.48. The maximum absolute atomic E-state index is 12.3. The molecule has 120 valence electrons. The largest absolute Gasteiger partial charge is 0.618 e. The number of para-hydroxylation sites is 1. The van der Waals surface area contributed by atoms with Crippen LogP contribution < -0.4 is 10.0 Å². The highest BCUT2D eigenvalue weighted by Gasteiger charge is 2.09. The zero-order chi connectivity index (χ0) is 16.8. The van der Waals surface area contributed by atoms with E-state index in [2.05, 4.69) is 5.32 Å². The number of nitrogens with one attached hydrogen (secondary N) is 1. The topological polar surface area (TPSA) is 56.0 Å². The quantitative estimate of drug-likeness (QED) is 0.437. The minimum atomic E-state index is -0.147. The molecule has 0 aliphatic carbocycles. The molecule has 0 unspecified atom stereocenters. The van der Waals surface area contributed by atoms with Gasteiger partial charge in [-0.05, 0) is 35.9 Å². The third-order valence-corrected chi connectivity index (χ3v) is 4.49. The number of rotatable bonds is 5. The van der Waals surface area contributed by atoms with Crippen molar-refractivity contribution < 1.29 is 9.52 Å². The highest BCUT2D eigenvalue weighted by molar-refractivity contribution is 7.98. The second-order valence-electron chi connectivity index (χ2n) is 5.17. The molecule has 24 heavy (non-hydrogen) atoms. The van der Waals surface area contributed by atoms with Crippen molar-refractivity contribution in [1.82, 2.24) is 0 Å². The highest BCUT2D eigenvalue weighted by atomic mass is 32.2. The Balaban J connectivity index is 1.68. The lowest BCUT2D eigenvalue weighted by Crippen LogP contribution is -2.27. The van der Waals surface area contributed by atoms with E-state index >= 15 is 0 Å². The first-order valence-corrected chi connectivity index (χ1v) is 8.47. The van der Waals surface area contributed by atoms with E-state index in [-0.39, 0.29) is 5.91 Å². The zero-order valence-electron chi connectivity index (χ0n) is 12.9. The van der Waals surface area contributed by atoms with Gasteiger partial charge in [0.1, 0.15) is 0 Å². The standard InChI is InChI=1S/C19H16N2O2S/c22-19(20-17-9-2-1-3-10-17)16-8-6-7-15(13-16)14-24-18-11-4-5-12-21(18)23/h1-13H,14H2,(H,20,22). The van der Waals surface area contributed by atoms with Crippen LogP contribution in [-0.2, 0) is 5.75 Å². The summed E-state index contributed by atoms with van der Waals surface area (Å²) in [7, 11) is 0. The molecule has 1 N–H and O–H groups in total. The molecule has 0 saturated heterocycles. The minimum Gasteiger partial charge on any atom is -0.618 e. The second kappa shape index (κ2) is 7.66. The number of nitrogens with zero attached hydrogens (tertiary/aromatic N) is 1. The number of hydrogen-bond acceptors (Lipinski definition) is 3. The van der Waals surface area contributed by atoms with Crippen LogP contribution in [0.1, 0.15) is 15.9 Å². The fourth-order valence-electron chi connectivity index (χ4n) is 2.21. The molecule has 0 fully saturated rings. The summed E-state index contributed by atoms with van der Waals surface area (Å²) < 4.78 is 0.844. The van der Waals surface area contributed by atoms with Crippen molar-refractivity contribution in [2.24, 2.45) is 0 Å². The van der Waals surface area contributed by atoms with Gasteiger partial charge in [-0.1, -0.05) is 42.1 Å². The maximum atomic E-state index is 12.3. The highest BCUT2D eigenvalue weighted by Crippen LogP contribution is 2.20. The van der Waals surface area contributed by atoms with Crippen LogP contribution in [0, 0.1) is 5.21 Å². The van der Waals surface area contributed by atoms with Crippen molar-refractivity contribution in [1.29, 1.82) is 0 Å². The summed E-state index contributed by atoms with van der Waals surface area (Å²) in [5.41, 5.74) is 2.35. The molecule has 3 aromatic rings. The monoisotopic (exact) mass is 336 g/mol. The normalized spacial score (nSPS) is 10.3. The van der Waals surface area contributed by atoms with E-state index in [9.17, 15) is 10.0 Å². The van der Waals surface area contributed by atoms with Crippen LogP contribution >= 0.6 is 11.8 Å². The van der Waals surface area contributed by atoms with Gasteiger partial charge in [-0.2, -0.15) is 4.73 Å². The van der Waals surface area contributed by atoms with Gasteiger partial charge in [-0.25, -0.2) is 0 Å². The molecule has 5 heteroatoms. The molecule has 2 aromatic carbocycles. The fourth-order valence-corrected chi connectivity index (χ4v) is 3.07. The number of amides is 1. The number of aromatic nitrogens is 1. The number of carbonyl (C=O) groups is 1. The summed E-state index contributed by atoms with van der Waals surface area (Å²) in [5.74, 6) is 0.477. The van der Waals surface area contributed by atoms with Gasteiger partial charge in [0.2, 0.25) is 0 Å². The van der Waals surface area contributed by atoms with Crippen LogP contribution in [0.4, 0.5) is 5.69 Å². The lowest BCUT2D eigenvalue weighted by molar-refractivity contribution is -0.645. The van der Waals surface area contributed by atoms with Crippen LogP contribution in [0.25, 0.3) is 0 Å². The summed E-state index contributed by atoms with van der Waals surface area (Å²) in [4.78, 5) is 12.3. The minimum absolute atomic E-state index is 0.147. The van der Waals surface area contributed by atoms with E-state index in [0.717, 1.165) is 16.0 Å². The van der Waals surface area contributed by atoms with Gasteiger partial charge in [0.25, 0.3) is 10.9 Å². The summed E-state index contributed by atoms with van der Waals surface area (Å²) in [6, 6.07) is 22.1. The average Bonchev–Trinajstić information content (AvgIpc) is 2.62. The molecule has 0 spiro atoms. The van der Waals surface area contributed by atoms with Crippen LogP contribution in [-0.4, -0.2) is 5.91 Å². The predicted octanol–water partition coefficient (Wildman–Crippen LogP) is 3.86. The van der Waals surface area contributed by atoms with Gasteiger partial charge >= 0.3 is 0 Å². The van der Waals surface area contributed by atoms with Crippen molar-refractivity contribution in [2.45, 2.75) is 10.8 Å². The number of anilines is 1. The van der Waals surface area contributed by atoms with Crippen molar-refractivity contribution >= 4 is 23.4 Å². The molecule has 1 heterocycles. The molecule has 4 nitrogen and oxygen atoms in total. The Bertz CT molecular complexity index is 838. The van der Waals surface area contributed by atoms with Crippen molar-refractivity contribution in [3.8, 4) is 0 Å². The molecule has 3 rings (SSSR count). The van der Waals surface area contributed by atoms with E-state index in [1.54, 1.807) is 18.2 Å². The lowest BCUT2D eigenvalue weighted by Gasteiger charge is -2.07. The summed E-state index contributed by atoms with van der Waals surface area (Å²) >= 11 is 1.44. The third kappa shape index (κ3) is 4.14.